The molecule has 0 saturated carbocycles. The Morgan fingerprint density at radius 1 is 1.19 bits per heavy atom. The van der Waals surface area contributed by atoms with Gasteiger partial charge < -0.3 is 0 Å². The molecule has 0 bridgehead atoms. The van der Waals surface area contributed by atoms with E-state index in [1.165, 1.54) is 10.2 Å². The summed E-state index contributed by atoms with van der Waals surface area (Å²) in [5.41, 5.74) is 1.88. The van der Waals surface area contributed by atoms with Crippen molar-refractivity contribution in [2.45, 2.75) is 32.2 Å². The Morgan fingerprint density at radius 3 is 2.57 bits per heavy atom. The zero-order valence-corrected chi connectivity index (χ0v) is 12.9. The molecule has 0 aliphatic carbocycles. The van der Waals surface area contributed by atoms with E-state index >= 15 is 0 Å². The quantitative estimate of drug-likeness (QED) is 0.743. The van der Waals surface area contributed by atoms with Crippen molar-refractivity contribution in [1.82, 2.24) is 18.7 Å². The first-order chi connectivity index (χ1) is 9.96. The largest absolute Gasteiger partial charge is 0.273 e. The number of fused-ring (bicyclic) bond motifs is 1. The molecule has 0 aliphatic heterocycles. The fraction of sp³-hybridized carbons (Fsp3) is 0.286. The van der Waals surface area contributed by atoms with Crippen LogP contribution >= 0.6 is 0 Å². The van der Waals surface area contributed by atoms with Gasteiger partial charge in [0.05, 0.1) is 22.9 Å². The van der Waals surface area contributed by atoms with Gasteiger partial charge in [-0.25, -0.2) is 17.4 Å². The summed E-state index contributed by atoms with van der Waals surface area (Å²) >= 11 is 0. The van der Waals surface area contributed by atoms with Crippen LogP contribution in [-0.4, -0.2) is 27.2 Å². The smallest absolute Gasteiger partial charge is 0.269 e. The first-order valence-electron chi connectivity index (χ1n) is 6.69. The number of imidazole rings is 1. The fourth-order valence-corrected chi connectivity index (χ4v) is 4.19. The zero-order valence-electron chi connectivity index (χ0n) is 12.1. The first-order valence-corrected chi connectivity index (χ1v) is 8.13. The summed E-state index contributed by atoms with van der Waals surface area (Å²) in [6, 6.07) is 7.20. The topological polar surface area (TPSA) is 69.8 Å². The van der Waals surface area contributed by atoms with Crippen molar-refractivity contribution in [3.8, 4) is 0 Å². The van der Waals surface area contributed by atoms with Crippen LogP contribution in [0.3, 0.4) is 0 Å². The monoisotopic (exact) mass is 304 g/mol. The number of hydrogen-bond donors (Lipinski definition) is 0. The molecule has 0 atom stereocenters. The lowest BCUT2D eigenvalue weighted by Gasteiger charge is -2.08. The summed E-state index contributed by atoms with van der Waals surface area (Å²) in [6.07, 6.45) is 1.41. The lowest BCUT2D eigenvalue weighted by molar-refractivity contribution is 0.585. The van der Waals surface area contributed by atoms with Crippen LogP contribution in [0.15, 0.2) is 35.4 Å². The zero-order chi connectivity index (χ0) is 15.2. The minimum Gasteiger partial charge on any atom is -0.269 e. The molecule has 110 valence electrons. The SMILES string of the molecule is CCn1ncc(S(=O)(=O)n2c(C)nc3ccccc32)c1C. The Balaban J connectivity index is 2.30. The Kier molecular flexibility index (Phi) is 3.09. The van der Waals surface area contributed by atoms with Crippen LogP contribution in [0, 0.1) is 13.8 Å². The number of aromatic nitrogens is 4. The summed E-state index contributed by atoms with van der Waals surface area (Å²) < 4.78 is 28.9. The van der Waals surface area contributed by atoms with Crippen molar-refractivity contribution >= 4 is 21.1 Å². The van der Waals surface area contributed by atoms with Gasteiger partial charge in [0.2, 0.25) is 0 Å². The van der Waals surface area contributed by atoms with Gasteiger partial charge in [-0.3, -0.25) is 4.68 Å². The maximum Gasteiger partial charge on any atom is 0.273 e. The number of rotatable bonds is 3. The van der Waals surface area contributed by atoms with Crippen molar-refractivity contribution in [1.29, 1.82) is 0 Å². The van der Waals surface area contributed by atoms with Crippen molar-refractivity contribution in [3.05, 3.63) is 42.0 Å². The molecule has 2 aromatic heterocycles. The Morgan fingerprint density at radius 2 is 1.90 bits per heavy atom. The molecule has 1 aromatic carbocycles. The molecule has 0 unspecified atom stereocenters. The van der Waals surface area contributed by atoms with Gasteiger partial charge >= 0.3 is 0 Å². The molecule has 21 heavy (non-hydrogen) atoms. The molecule has 0 aliphatic rings. The van der Waals surface area contributed by atoms with Gasteiger partial charge in [0, 0.05) is 6.54 Å². The van der Waals surface area contributed by atoms with Crippen LogP contribution in [0.25, 0.3) is 11.0 Å². The summed E-state index contributed by atoms with van der Waals surface area (Å²) in [6.45, 7) is 6.01. The van der Waals surface area contributed by atoms with Crippen LogP contribution in [0.4, 0.5) is 0 Å². The maximum atomic E-state index is 12.9. The number of hydrogen-bond acceptors (Lipinski definition) is 4. The number of aryl methyl sites for hydroxylation is 2. The molecule has 0 amide bonds. The summed E-state index contributed by atoms with van der Waals surface area (Å²) in [5.74, 6) is 0.444. The average Bonchev–Trinajstić information content (AvgIpc) is 2.98. The highest BCUT2D eigenvalue weighted by atomic mass is 32.2. The molecule has 0 radical (unpaired) electrons. The predicted molar refractivity (Wildman–Crippen MR) is 79.7 cm³/mol. The summed E-state index contributed by atoms with van der Waals surface area (Å²) in [5, 5.41) is 4.12. The fourth-order valence-electron chi connectivity index (χ4n) is 2.53. The number of benzene rings is 1. The second-order valence-electron chi connectivity index (χ2n) is 4.83. The number of nitrogens with zero attached hydrogens (tertiary/aromatic N) is 4. The normalized spacial score (nSPS) is 12.1. The first kappa shape index (κ1) is 13.8. The molecule has 0 N–H and O–H groups in total. The van der Waals surface area contributed by atoms with Gasteiger partial charge in [0.1, 0.15) is 10.7 Å². The van der Waals surface area contributed by atoms with Gasteiger partial charge in [0.25, 0.3) is 10.0 Å². The van der Waals surface area contributed by atoms with Crippen LogP contribution in [-0.2, 0) is 16.6 Å². The third-order valence-electron chi connectivity index (χ3n) is 3.55. The van der Waals surface area contributed by atoms with Gasteiger partial charge in [-0.15, -0.1) is 0 Å². The van der Waals surface area contributed by atoms with E-state index in [4.69, 9.17) is 0 Å². The molecule has 0 fully saturated rings. The molecule has 2 heterocycles. The van der Waals surface area contributed by atoms with Crippen LogP contribution in [0.2, 0.25) is 0 Å². The van der Waals surface area contributed by atoms with E-state index < -0.39 is 10.0 Å². The van der Waals surface area contributed by atoms with E-state index in [1.54, 1.807) is 36.7 Å². The second-order valence-corrected chi connectivity index (χ2v) is 6.58. The number of para-hydroxylation sites is 2. The molecule has 3 aromatic rings. The van der Waals surface area contributed by atoms with Gasteiger partial charge in [0.15, 0.2) is 0 Å². The Labute approximate surface area is 123 Å². The predicted octanol–water partition coefficient (Wildman–Crippen LogP) is 2.11. The van der Waals surface area contributed by atoms with E-state index in [2.05, 4.69) is 10.1 Å². The van der Waals surface area contributed by atoms with Gasteiger partial charge in [-0.1, -0.05) is 12.1 Å². The second kappa shape index (κ2) is 4.70. The summed E-state index contributed by atoms with van der Waals surface area (Å²) in [4.78, 5) is 4.54. The van der Waals surface area contributed by atoms with Gasteiger partial charge in [-0.05, 0) is 32.9 Å². The Bertz CT molecular complexity index is 922. The molecule has 6 nitrogen and oxygen atoms in total. The minimum atomic E-state index is -3.70. The highest BCUT2D eigenvalue weighted by Crippen LogP contribution is 2.24. The van der Waals surface area contributed by atoms with Crippen molar-refractivity contribution in [2.75, 3.05) is 0 Å². The van der Waals surface area contributed by atoms with E-state index in [1.807, 2.05) is 13.0 Å². The minimum absolute atomic E-state index is 0.218. The average molecular weight is 304 g/mol. The third-order valence-corrected chi connectivity index (χ3v) is 5.45. The molecule has 3 rings (SSSR count). The highest BCUT2D eigenvalue weighted by Gasteiger charge is 2.26. The molecular weight excluding hydrogens is 288 g/mol. The van der Waals surface area contributed by atoms with E-state index in [-0.39, 0.29) is 4.90 Å². The van der Waals surface area contributed by atoms with E-state index in [0.29, 0.717) is 29.1 Å². The standard InChI is InChI=1S/C14H16N4O2S/c1-4-17-10(2)14(9-15-17)21(19,20)18-11(3)16-12-7-5-6-8-13(12)18/h5-9H,4H2,1-3H3. The lowest BCUT2D eigenvalue weighted by atomic mass is 10.3. The molecule has 0 saturated heterocycles. The molecule has 7 heteroatoms. The lowest BCUT2D eigenvalue weighted by Crippen LogP contribution is -2.15. The van der Waals surface area contributed by atoms with Crippen LogP contribution in [0.1, 0.15) is 18.4 Å². The van der Waals surface area contributed by atoms with Gasteiger partial charge in [-0.2, -0.15) is 5.10 Å². The van der Waals surface area contributed by atoms with Crippen LogP contribution in [0.5, 0.6) is 0 Å². The van der Waals surface area contributed by atoms with Crippen molar-refractivity contribution in [2.24, 2.45) is 0 Å². The molecule has 0 spiro atoms. The maximum absolute atomic E-state index is 12.9. The van der Waals surface area contributed by atoms with E-state index in [9.17, 15) is 8.42 Å². The molecular formula is C14H16N4O2S. The third kappa shape index (κ3) is 1.96. The van der Waals surface area contributed by atoms with Crippen LogP contribution < -0.4 is 0 Å². The summed E-state index contributed by atoms with van der Waals surface area (Å²) in [7, 11) is -3.70. The van der Waals surface area contributed by atoms with Crippen molar-refractivity contribution in [3.63, 3.8) is 0 Å². The Hall–Kier alpha value is -2.15. The highest BCUT2D eigenvalue weighted by molar-refractivity contribution is 7.90. The van der Waals surface area contributed by atoms with E-state index in [0.717, 1.165) is 0 Å². The van der Waals surface area contributed by atoms with Crippen molar-refractivity contribution < 1.29 is 8.42 Å².